The lowest BCUT2D eigenvalue weighted by atomic mass is 9.95. The molecule has 0 aromatic heterocycles. The van der Waals surface area contributed by atoms with Gasteiger partial charge in [0.15, 0.2) is 0 Å². The van der Waals surface area contributed by atoms with Crippen molar-refractivity contribution in [3.63, 3.8) is 0 Å². The van der Waals surface area contributed by atoms with Gasteiger partial charge in [0.2, 0.25) is 0 Å². The van der Waals surface area contributed by atoms with Crippen LogP contribution in [0.3, 0.4) is 0 Å². The monoisotopic (exact) mass is 229 g/mol. The van der Waals surface area contributed by atoms with E-state index >= 15 is 0 Å². The molecule has 0 aromatic rings. The maximum absolute atomic E-state index is 10.8. The van der Waals surface area contributed by atoms with E-state index in [1.807, 2.05) is 0 Å². The normalized spacial score (nSPS) is 22.0. The summed E-state index contributed by atoms with van der Waals surface area (Å²) in [7, 11) is 0. The Bertz CT molecular complexity index is 222. The first-order valence-electron chi connectivity index (χ1n) is 6.07. The third kappa shape index (κ3) is 4.49. The number of aliphatic carboxylic acids is 1. The zero-order valence-corrected chi connectivity index (χ0v) is 10.3. The highest BCUT2D eigenvalue weighted by atomic mass is 16.5. The predicted molar refractivity (Wildman–Crippen MR) is 62.5 cm³/mol. The molecule has 0 amide bonds. The molecule has 1 aliphatic heterocycles. The first kappa shape index (κ1) is 13.5. The van der Waals surface area contributed by atoms with Crippen LogP contribution in [0, 0.1) is 5.41 Å². The second-order valence-corrected chi connectivity index (χ2v) is 5.18. The van der Waals surface area contributed by atoms with Gasteiger partial charge in [-0.2, -0.15) is 0 Å². The Labute approximate surface area is 97.4 Å². The predicted octanol–water partition coefficient (Wildman–Crippen LogP) is 1.65. The second kappa shape index (κ2) is 6.21. The maximum Gasteiger partial charge on any atom is 0.311 e. The lowest BCUT2D eigenvalue weighted by molar-refractivity contribution is -0.150. The van der Waals surface area contributed by atoms with Gasteiger partial charge in [-0.1, -0.05) is 6.42 Å². The van der Waals surface area contributed by atoms with Gasteiger partial charge in [-0.15, -0.1) is 0 Å². The van der Waals surface area contributed by atoms with Crippen molar-refractivity contribution in [3.05, 3.63) is 0 Å². The van der Waals surface area contributed by atoms with Gasteiger partial charge in [0.1, 0.15) is 0 Å². The molecule has 1 saturated heterocycles. The summed E-state index contributed by atoms with van der Waals surface area (Å²) in [5, 5.41) is 12.3. The van der Waals surface area contributed by atoms with Gasteiger partial charge >= 0.3 is 5.97 Å². The highest BCUT2D eigenvalue weighted by Crippen LogP contribution is 2.16. The molecule has 1 rings (SSSR count). The molecule has 4 heteroatoms. The van der Waals surface area contributed by atoms with Crippen LogP contribution in [0.5, 0.6) is 0 Å². The molecular formula is C12H23NO3. The molecule has 1 atom stereocenters. The van der Waals surface area contributed by atoms with Crippen molar-refractivity contribution in [3.8, 4) is 0 Å². The van der Waals surface area contributed by atoms with E-state index in [9.17, 15) is 4.79 Å². The van der Waals surface area contributed by atoms with Crippen LogP contribution in [-0.4, -0.2) is 36.9 Å². The number of carbonyl (C=O) groups is 1. The number of piperidine rings is 1. The van der Waals surface area contributed by atoms with Gasteiger partial charge in [0, 0.05) is 12.6 Å². The molecule has 0 aliphatic carbocycles. The van der Waals surface area contributed by atoms with E-state index in [-0.39, 0.29) is 6.61 Å². The van der Waals surface area contributed by atoms with E-state index in [2.05, 4.69) is 5.32 Å². The number of rotatable bonds is 6. The summed E-state index contributed by atoms with van der Waals surface area (Å²) >= 11 is 0. The minimum atomic E-state index is -0.803. The number of carboxylic acid groups (broad SMARTS) is 1. The summed E-state index contributed by atoms with van der Waals surface area (Å²) in [4.78, 5) is 10.8. The Balaban J connectivity index is 2.09. The van der Waals surface area contributed by atoms with E-state index < -0.39 is 11.4 Å². The average Bonchev–Trinajstić information content (AvgIpc) is 2.26. The van der Waals surface area contributed by atoms with Crippen molar-refractivity contribution >= 4 is 5.97 Å². The highest BCUT2D eigenvalue weighted by Gasteiger charge is 2.27. The average molecular weight is 229 g/mol. The van der Waals surface area contributed by atoms with Crippen LogP contribution in [0.2, 0.25) is 0 Å². The van der Waals surface area contributed by atoms with Crippen molar-refractivity contribution < 1.29 is 14.6 Å². The Morgan fingerprint density at radius 1 is 1.50 bits per heavy atom. The number of ether oxygens (including phenoxy) is 1. The van der Waals surface area contributed by atoms with E-state index in [1.54, 1.807) is 13.8 Å². The molecule has 1 fully saturated rings. The number of carboxylic acids is 1. The smallest absolute Gasteiger partial charge is 0.311 e. The summed E-state index contributed by atoms with van der Waals surface area (Å²) < 4.78 is 5.44. The third-order valence-electron chi connectivity index (χ3n) is 3.06. The summed E-state index contributed by atoms with van der Waals surface area (Å²) in [5.74, 6) is -0.803. The van der Waals surface area contributed by atoms with Crippen LogP contribution in [0.4, 0.5) is 0 Å². The summed E-state index contributed by atoms with van der Waals surface area (Å²) in [5.41, 5.74) is -0.778. The van der Waals surface area contributed by atoms with Crippen LogP contribution in [0.1, 0.15) is 39.5 Å². The molecule has 1 aliphatic rings. The van der Waals surface area contributed by atoms with Crippen LogP contribution >= 0.6 is 0 Å². The van der Waals surface area contributed by atoms with Crippen molar-refractivity contribution in [1.82, 2.24) is 5.32 Å². The zero-order valence-electron chi connectivity index (χ0n) is 10.3. The van der Waals surface area contributed by atoms with Crippen molar-refractivity contribution in [2.45, 2.75) is 45.6 Å². The maximum atomic E-state index is 10.8. The molecule has 0 spiro atoms. The van der Waals surface area contributed by atoms with Gasteiger partial charge in [-0.25, -0.2) is 0 Å². The van der Waals surface area contributed by atoms with Crippen molar-refractivity contribution in [2.75, 3.05) is 19.8 Å². The quantitative estimate of drug-likeness (QED) is 0.680. The van der Waals surface area contributed by atoms with Crippen molar-refractivity contribution in [2.24, 2.45) is 5.41 Å². The molecule has 2 N–H and O–H groups in total. The Kier molecular flexibility index (Phi) is 5.22. The molecule has 0 aromatic carbocycles. The highest BCUT2D eigenvalue weighted by molar-refractivity contribution is 5.73. The minimum Gasteiger partial charge on any atom is -0.481 e. The fraction of sp³-hybridized carbons (Fsp3) is 0.917. The molecule has 4 nitrogen and oxygen atoms in total. The molecule has 94 valence electrons. The Morgan fingerprint density at radius 2 is 2.25 bits per heavy atom. The SMILES string of the molecule is CC(C)(COCCC1CCCCN1)C(=O)O. The molecular weight excluding hydrogens is 206 g/mol. The summed E-state index contributed by atoms with van der Waals surface area (Å²) in [6, 6.07) is 0.557. The standard InChI is InChI=1S/C12H23NO3/c1-12(2,11(14)15)9-16-8-6-10-5-3-4-7-13-10/h10,13H,3-9H2,1-2H3,(H,14,15). The van der Waals surface area contributed by atoms with Crippen LogP contribution in [0.25, 0.3) is 0 Å². The molecule has 16 heavy (non-hydrogen) atoms. The lowest BCUT2D eigenvalue weighted by Gasteiger charge is -2.24. The van der Waals surface area contributed by atoms with Gasteiger partial charge < -0.3 is 15.2 Å². The first-order chi connectivity index (χ1) is 7.52. The first-order valence-corrected chi connectivity index (χ1v) is 6.07. The second-order valence-electron chi connectivity index (χ2n) is 5.18. The van der Waals surface area contributed by atoms with Gasteiger partial charge in [-0.05, 0) is 39.7 Å². The van der Waals surface area contributed by atoms with Crippen molar-refractivity contribution in [1.29, 1.82) is 0 Å². The van der Waals surface area contributed by atoms with E-state index in [1.165, 1.54) is 19.3 Å². The molecule has 0 saturated carbocycles. The number of hydrogen-bond donors (Lipinski definition) is 2. The van der Waals surface area contributed by atoms with Crippen LogP contribution in [-0.2, 0) is 9.53 Å². The largest absolute Gasteiger partial charge is 0.481 e. The Hall–Kier alpha value is -0.610. The van der Waals surface area contributed by atoms with Gasteiger partial charge in [0.05, 0.1) is 12.0 Å². The topological polar surface area (TPSA) is 58.6 Å². The number of nitrogens with one attached hydrogen (secondary N) is 1. The number of hydrogen-bond acceptors (Lipinski definition) is 3. The lowest BCUT2D eigenvalue weighted by Crippen LogP contribution is -2.35. The van der Waals surface area contributed by atoms with E-state index in [0.717, 1.165) is 13.0 Å². The van der Waals surface area contributed by atoms with Gasteiger partial charge in [0.25, 0.3) is 0 Å². The molecule has 1 unspecified atom stereocenters. The molecule has 1 heterocycles. The third-order valence-corrected chi connectivity index (χ3v) is 3.06. The Morgan fingerprint density at radius 3 is 2.81 bits per heavy atom. The van der Waals surface area contributed by atoms with E-state index in [4.69, 9.17) is 9.84 Å². The molecule has 0 radical (unpaired) electrons. The van der Waals surface area contributed by atoms with E-state index in [0.29, 0.717) is 12.6 Å². The minimum absolute atomic E-state index is 0.287. The zero-order chi connectivity index (χ0) is 12.0. The van der Waals surface area contributed by atoms with Gasteiger partial charge in [-0.3, -0.25) is 4.79 Å². The fourth-order valence-electron chi connectivity index (χ4n) is 1.79. The van der Waals surface area contributed by atoms with Crippen LogP contribution in [0.15, 0.2) is 0 Å². The summed E-state index contributed by atoms with van der Waals surface area (Å²) in [6.45, 7) is 5.41. The van der Waals surface area contributed by atoms with Crippen LogP contribution < -0.4 is 5.32 Å². The molecule has 0 bridgehead atoms. The summed E-state index contributed by atoms with van der Waals surface area (Å²) in [6.07, 6.45) is 4.75. The fourth-order valence-corrected chi connectivity index (χ4v) is 1.79.